The monoisotopic (exact) mass is 349 g/mol. The molecule has 2 rings (SSSR count). The van der Waals surface area contributed by atoms with Crippen LogP contribution in [0.25, 0.3) is 0 Å². The Hall–Kier alpha value is -1.58. The Morgan fingerprint density at radius 3 is 2.57 bits per heavy atom. The van der Waals surface area contributed by atoms with E-state index >= 15 is 0 Å². The maximum Gasteiger partial charge on any atom is 0.115 e. The quantitative estimate of drug-likeness (QED) is 0.782. The highest BCUT2D eigenvalue weighted by Gasteiger charge is 2.19. The van der Waals surface area contributed by atoms with Crippen molar-refractivity contribution in [1.29, 1.82) is 5.26 Å². The molecule has 1 aromatic heterocycles. The average molecular weight is 350 g/mol. The van der Waals surface area contributed by atoms with Gasteiger partial charge in [-0.05, 0) is 31.0 Å². The van der Waals surface area contributed by atoms with Gasteiger partial charge in [0, 0.05) is 17.0 Å². The molecular formula is C17H20ClN3OS. The summed E-state index contributed by atoms with van der Waals surface area (Å²) in [7, 11) is 0. The van der Waals surface area contributed by atoms with Crippen molar-refractivity contribution in [3.8, 4) is 6.07 Å². The summed E-state index contributed by atoms with van der Waals surface area (Å²) in [6, 6.07) is 15.5. The Morgan fingerprint density at radius 1 is 1.26 bits per heavy atom. The van der Waals surface area contributed by atoms with Crippen LogP contribution in [0.4, 0.5) is 0 Å². The highest BCUT2D eigenvalue weighted by atomic mass is 35.5. The molecule has 3 N–H and O–H groups in total. The van der Waals surface area contributed by atoms with E-state index < -0.39 is 0 Å². The molecule has 0 amide bonds. The van der Waals surface area contributed by atoms with Crippen LogP contribution in [0.1, 0.15) is 28.5 Å². The van der Waals surface area contributed by atoms with Gasteiger partial charge in [-0.1, -0.05) is 42.1 Å². The number of thioether (sulfide) groups is 1. The van der Waals surface area contributed by atoms with Crippen LogP contribution < -0.4 is 5.73 Å². The number of aliphatic hydroxyl groups is 1. The van der Waals surface area contributed by atoms with Crippen molar-refractivity contribution in [2.45, 2.75) is 29.7 Å². The molecule has 122 valence electrons. The van der Waals surface area contributed by atoms with Gasteiger partial charge in [0.15, 0.2) is 0 Å². The van der Waals surface area contributed by atoms with E-state index in [2.05, 4.69) is 11.1 Å². The molecule has 0 saturated heterocycles. The van der Waals surface area contributed by atoms with Crippen molar-refractivity contribution in [1.82, 2.24) is 4.98 Å². The van der Waals surface area contributed by atoms with Crippen molar-refractivity contribution in [3.63, 3.8) is 0 Å². The molecule has 4 nitrogen and oxygen atoms in total. The lowest BCUT2D eigenvalue weighted by atomic mass is 10.1. The summed E-state index contributed by atoms with van der Waals surface area (Å²) >= 11 is 1.53. The standard InChI is InChI=1S/C17H19N3OS.ClH/c1-12-7-8-14(10-18)17(20-12)22-16(9-15(19)11-21)13-5-3-2-4-6-13;/h2-8,15-16,21H,9,11,19H2,1H3;1H/t15-,16-;/m1./s1. The highest BCUT2D eigenvalue weighted by molar-refractivity contribution is 7.99. The fourth-order valence-electron chi connectivity index (χ4n) is 2.11. The first-order chi connectivity index (χ1) is 10.6. The van der Waals surface area contributed by atoms with Crippen LogP contribution in [0.3, 0.4) is 0 Å². The van der Waals surface area contributed by atoms with Crippen LogP contribution in [0.15, 0.2) is 47.5 Å². The predicted molar refractivity (Wildman–Crippen MR) is 95.7 cm³/mol. The number of nitrogens with two attached hydrogens (primary N) is 1. The van der Waals surface area contributed by atoms with Crippen molar-refractivity contribution in [2.24, 2.45) is 5.73 Å². The lowest BCUT2D eigenvalue weighted by molar-refractivity contribution is 0.259. The molecule has 2 atom stereocenters. The van der Waals surface area contributed by atoms with Crippen LogP contribution in [0.5, 0.6) is 0 Å². The molecule has 1 heterocycles. The molecule has 0 fully saturated rings. The summed E-state index contributed by atoms with van der Waals surface area (Å²) in [4.78, 5) is 4.48. The van der Waals surface area contributed by atoms with Gasteiger partial charge in [-0.3, -0.25) is 0 Å². The van der Waals surface area contributed by atoms with Gasteiger partial charge in [-0.25, -0.2) is 4.98 Å². The summed E-state index contributed by atoms with van der Waals surface area (Å²) in [5, 5.41) is 19.2. The van der Waals surface area contributed by atoms with E-state index in [1.165, 1.54) is 11.8 Å². The van der Waals surface area contributed by atoms with Gasteiger partial charge in [0.2, 0.25) is 0 Å². The van der Waals surface area contributed by atoms with Gasteiger partial charge >= 0.3 is 0 Å². The number of aryl methyl sites for hydroxylation is 1. The fourth-order valence-corrected chi connectivity index (χ4v) is 3.46. The minimum absolute atomic E-state index is 0. The Morgan fingerprint density at radius 2 is 1.96 bits per heavy atom. The number of nitrogens with zero attached hydrogens (tertiary/aromatic N) is 2. The van der Waals surface area contributed by atoms with Gasteiger partial charge in [0.1, 0.15) is 11.1 Å². The molecule has 0 aliphatic carbocycles. The number of halogens is 1. The van der Waals surface area contributed by atoms with Gasteiger partial charge in [0.25, 0.3) is 0 Å². The minimum atomic E-state index is -0.298. The molecular weight excluding hydrogens is 330 g/mol. The first kappa shape index (κ1) is 19.5. The molecule has 0 spiro atoms. The molecule has 0 aliphatic heterocycles. The number of aliphatic hydroxyl groups excluding tert-OH is 1. The van der Waals surface area contributed by atoms with Crippen molar-refractivity contribution in [2.75, 3.05) is 6.61 Å². The summed E-state index contributed by atoms with van der Waals surface area (Å²) in [5.41, 5.74) is 8.47. The Balaban J connectivity index is 0.00000264. The average Bonchev–Trinajstić information content (AvgIpc) is 2.55. The second-order valence-electron chi connectivity index (χ2n) is 5.11. The molecule has 0 aliphatic rings. The molecule has 0 radical (unpaired) electrons. The van der Waals surface area contributed by atoms with Crippen LogP contribution in [-0.2, 0) is 0 Å². The minimum Gasteiger partial charge on any atom is -0.395 e. The van der Waals surface area contributed by atoms with E-state index in [9.17, 15) is 10.4 Å². The summed E-state index contributed by atoms with van der Waals surface area (Å²) in [5.74, 6) is 0. The molecule has 6 heteroatoms. The van der Waals surface area contributed by atoms with Gasteiger partial charge in [-0.15, -0.1) is 12.4 Å². The maximum absolute atomic E-state index is 9.25. The number of pyridine rings is 1. The summed E-state index contributed by atoms with van der Waals surface area (Å²) in [6.07, 6.45) is 0.617. The van der Waals surface area contributed by atoms with Crippen molar-refractivity contribution < 1.29 is 5.11 Å². The Bertz CT molecular complexity index is 661. The number of hydrogen-bond acceptors (Lipinski definition) is 5. The summed E-state index contributed by atoms with van der Waals surface area (Å²) < 4.78 is 0. The van der Waals surface area contributed by atoms with Gasteiger partial charge in [-0.2, -0.15) is 5.26 Å². The lowest BCUT2D eigenvalue weighted by Crippen LogP contribution is -2.26. The molecule has 0 bridgehead atoms. The van der Waals surface area contributed by atoms with E-state index in [1.54, 1.807) is 6.07 Å². The molecule has 23 heavy (non-hydrogen) atoms. The van der Waals surface area contributed by atoms with E-state index in [4.69, 9.17) is 5.73 Å². The Kier molecular flexibility index (Phi) is 8.07. The number of rotatable bonds is 6. The third kappa shape index (κ3) is 5.52. The van der Waals surface area contributed by atoms with Crippen LogP contribution in [-0.4, -0.2) is 22.7 Å². The first-order valence-electron chi connectivity index (χ1n) is 7.09. The van der Waals surface area contributed by atoms with Gasteiger partial charge < -0.3 is 10.8 Å². The molecule has 0 saturated carbocycles. The predicted octanol–water partition coefficient (Wildman–Crippen LogP) is 3.23. The van der Waals surface area contributed by atoms with Crippen molar-refractivity contribution >= 4 is 24.2 Å². The first-order valence-corrected chi connectivity index (χ1v) is 7.97. The maximum atomic E-state index is 9.25. The van der Waals surface area contributed by atoms with E-state index in [-0.39, 0.29) is 30.3 Å². The number of benzene rings is 1. The highest BCUT2D eigenvalue weighted by Crippen LogP contribution is 2.38. The largest absolute Gasteiger partial charge is 0.395 e. The third-order valence-electron chi connectivity index (χ3n) is 3.30. The zero-order valence-corrected chi connectivity index (χ0v) is 14.5. The third-order valence-corrected chi connectivity index (χ3v) is 4.58. The Labute approximate surface area is 147 Å². The van der Waals surface area contributed by atoms with E-state index in [0.717, 1.165) is 11.3 Å². The number of aromatic nitrogens is 1. The molecule has 0 unspecified atom stereocenters. The summed E-state index contributed by atoms with van der Waals surface area (Å²) in [6.45, 7) is 1.85. The topological polar surface area (TPSA) is 82.9 Å². The van der Waals surface area contributed by atoms with Crippen molar-refractivity contribution in [3.05, 3.63) is 59.3 Å². The zero-order valence-electron chi connectivity index (χ0n) is 12.8. The number of nitriles is 1. The lowest BCUT2D eigenvalue weighted by Gasteiger charge is -2.20. The molecule has 2 aromatic rings. The normalized spacial score (nSPS) is 12.8. The number of hydrogen-bond donors (Lipinski definition) is 2. The van der Waals surface area contributed by atoms with Gasteiger partial charge in [0.05, 0.1) is 12.2 Å². The van der Waals surface area contributed by atoms with Crippen LogP contribution in [0.2, 0.25) is 0 Å². The smallest absolute Gasteiger partial charge is 0.115 e. The second kappa shape index (κ2) is 9.53. The SMILES string of the molecule is Cc1ccc(C#N)c(S[C@H](C[C@@H](N)CO)c2ccccc2)n1.Cl. The molecule has 1 aromatic carbocycles. The second-order valence-corrected chi connectivity index (χ2v) is 6.30. The fraction of sp³-hybridized carbons (Fsp3) is 0.294. The van der Waals surface area contributed by atoms with Crippen LogP contribution in [0, 0.1) is 18.3 Å². The zero-order chi connectivity index (χ0) is 15.9. The van der Waals surface area contributed by atoms with Crippen LogP contribution >= 0.6 is 24.2 Å². The van der Waals surface area contributed by atoms with E-state index in [0.29, 0.717) is 17.0 Å². The van der Waals surface area contributed by atoms with E-state index in [1.807, 2.05) is 43.3 Å².